The van der Waals surface area contributed by atoms with Crippen molar-refractivity contribution in [3.05, 3.63) is 0 Å². The molecule has 0 unspecified atom stereocenters. The first kappa shape index (κ1) is 68.2. The van der Waals surface area contributed by atoms with Crippen molar-refractivity contribution >= 4 is 14.5 Å². The Labute approximate surface area is 84.9 Å². The molecule has 10 heavy (non-hydrogen) atoms. The largest absolute Gasteiger partial charge is 1.00 e. The summed E-state index contributed by atoms with van der Waals surface area (Å²) in [6.07, 6.45) is 0. The number of hydrogen-bond donors (Lipinski definition) is 2. The molecule has 0 aromatic rings. The maximum atomic E-state index is 8.76. The second kappa shape index (κ2) is 50.3. The van der Waals surface area contributed by atoms with Crippen molar-refractivity contribution in [3.8, 4) is 0 Å². The number of rotatable bonds is 0. The van der Waals surface area contributed by atoms with Crippen LogP contribution in [0.5, 0.6) is 0 Å². The molecule has 0 aromatic carbocycles. The third-order valence-electron chi connectivity index (χ3n) is 0. The topological polar surface area (TPSA) is 215 Å². The summed E-state index contributed by atoms with van der Waals surface area (Å²) >= 11 is -3.29. The molecule has 68 valence electrons. The molecular weight excluding hydrogens is 230 g/mol. The van der Waals surface area contributed by atoms with Crippen LogP contribution in [-0.4, -0.2) is 50.3 Å². The van der Waals surface area contributed by atoms with Gasteiger partial charge in [0.1, 0.15) is 0 Å². The van der Waals surface area contributed by atoms with Crippen LogP contribution in [0, 0.1) is 0 Å². The molecule has 0 aliphatic carbocycles. The van der Waals surface area contributed by atoms with Gasteiger partial charge in [0.15, 0.2) is 0 Å². The van der Waals surface area contributed by atoms with Crippen LogP contribution in [0.15, 0.2) is 0 Å². The fourth-order valence-corrected chi connectivity index (χ4v) is 0. The van der Waals surface area contributed by atoms with Gasteiger partial charge in [0.25, 0.3) is 0 Å². The fraction of sp³-hybridized carbons (Fsp3) is 0. The van der Waals surface area contributed by atoms with Crippen molar-refractivity contribution in [1.29, 1.82) is 0 Å². The molecule has 0 aliphatic heterocycles. The van der Waals surface area contributed by atoms with Crippen molar-refractivity contribution < 1.29 is 70.6 Å². The zero-order valence-corrected chi connectivity index (χ0v) is 8.92. The second-order valence-corrected chi connectivity index (χ2v) is 1.20. The van der Waals surface area contributed by atoms with Crippen molar-refractivity contribution in [3.63, 3.8) is 0 Å². The zero-order valence-electron chi connectivity index (χ0n) is 6.21. The van der Waals surface area contributed by atoms with E-state index in [9.17, 15) is 0 Å². The van der Waals surface area contributed by atoms with E-state index in [2.05, 4.69) is 0 Å². The van der Waals surface area contributed by atoms with Crippen LogP contribution in [0.25, 0.3) is 0 Å². The molecular formula is H13NaO8Se. The Bertz CT molecular complexity index is 37.1. The monoisotopic (exact) mass is 244 g/mol. The standard InChI is InChI=1S/Na.H2O3Se.5H2O.H/c;1-4(2)3;;;;;;/h;(H2,1,2,3);5*1H2;/q+1;;;;;;;-1. The maximum absolute atomic E-state index is 8.76. The Hall–Kier alpha value is 1.04. The zero-order chi connectivity index (χ0) is 3.58. The molecule has 10 heteroatoms. The van der Waals surface area contributed by atoms with Gasteiger partial charge in [0.2, 0.25) is 0 Å². The molecule has 0 saturated carbocycles. The maximum Gasteiger partial charge on any atom is 1.00 e. The Kier molecular flexibility index (Phi) is 343. The van der Waals surface area contributed by atoms with E-state index >= 15 is 0 Å². The fourth-order valence-electron chi connectivity index (χ4n) is 0. The van der Waals surface area contributed by atoms with Gasteiger partial charge in [0, 0.05) is 0 Å². The van der Waals surface area contributed by atoms with Gasteiger partial charge < -0.3 is 28.8 Å². The Morgan fingerprint density at radius 2 is 0.900 bits per heavy atom. The van der Waals surface area contributed by atoms with E-state index in [1.54, 1.807) is 0 Å². The van der Waals surface area contributed by atoms with Gasteiger partial charge in [-0.25, -0.2) is 0 Å². The predicted molar refractivity (Wildman–Crippen MR) is 30.1 cm³/mol. The van der Waals surface area contributed by atoms with Gasteiger partial charge in [-0.15, -0.1) is 0 Å². The summed E-state index contributed by atoms with van der Waals surface area (Å²) in [4.78, 5) is 0. The Morgan fingerprint density at radius 3 is 0.900 bits per heavy atom. The predicted octanol–water partition coefficient (Wildman–Crippen LogP) is -8.62. The smallest absolute Gasteiger partial charge is 1.00 e. The van der Waals surface area contributed by atoms with Crippen LogP contribution in [0.1, 0.15) is 1.43 Å². The normalized spacial score (nSPS) is 3.50. The molecule has 0 rings (SSSR count). The first-order valence-corrected chi connectivity index (χ1v) is 2.76. The Balaban J connectivity index is -0.00000000214. The van der Waals surface area contributed by atoms with E-state index in [0.717, 1.165) is 0 Å². The van der Waals surface area contributed by atoms with Crippen molar-refractivity contribution in [1.82, 2.24) is 0 Å². The van der Waals surface area contributed by atoms with E-state index in [4.69, 9.17) is 12.2 Å². The summed E-state index contributed by atoms with van der Waals surface area (Å²) < 4.78 is 23.1. The molecule has 0 radical (unpaired) electrons. The molecule has 0 spiro atoms. The van der Waals surface area contributed by atoms with Crippen LogP contribution in [0.3, 0.4) is 0 Å². The van der Waals surface area contributed by atoms with Gasteiger partial charge in [-0.3, -0.25) is 0 Å². The SMILES string of the molecule is O.O.O.O.O.O=[Se](O)O.[H-].[Na+]. The van der Waals surface area contributed by atoms with E-state index in [0.29, 0.717) is 0 Å². The van der Waals surface area contributed by atoms with Crippen molar-refractivity contribution in [2.45, 2.75) is 0 Å². The summed E-state index contributed by atoms with van der Waals surface area (Å²) in [6, 6.07) is 0. The van der Waals surface area contributed by atoms with Gasteiger partial charge in [-0.2, -0.15) is 0 Å². The molecule has 0 bridgehead atoms. The molecule has 12 N–H and O–H groups in total. The minimum absolute atomic E-state index is 0. The summed E-state index contributed by atoms with van der Waals surface area (Å²) in [7, 11) is 0. The van der Waals surface area contributed by atoms with Crippen molar-refractivity contribution in [2.75, 3.05) is 0 Å². The Morgan fingerprint density at radius 1 is 0.900 bits per heavy atom. The van der Waals surface area contributed by atoms with Crippen LogP contribution in [0.2, 0.25) is 0 Å². The van der Waals surface area contributed by atoms with E-state index < -0.39 is 14.5 Å². The summed E-state index contributed by atoms with van der Waals surface area (Å²) in [5.74, 6) is 0. The van der Waals surface area contributed by atoms with Gasteiger partial charge in [-0.05, 0) is 0 Å². The molecule has 0 fully saturated rings. The first-order valence-electron chi connectivity index (χ1n) is 0.532. The molecule has 0 saturated heterocycles. The average molecular weight is 243 g/mol. The van der Waals surface area contributed by atoms with Crippen LogP contribution in [-0.2, 0) is 3.83 Å². The van der Waals surface area contributed by atoms with Crippen molar-refractivity contribution in [2.24, 2.45) is 0 Å². The third kappa shape index (κ3) is 541. The van der Waals surface area contributed by atoms with Crippen LogP contribution >= 0.6 is 0 Å². The molecule has 0 amide bonds. The molecule has 0 heterocycles. The summed E-state index contributed by atoms with van der Waals surface area (Å²) in [5.41, 5.74) is 0. The van der Waals surface area contributed by atoms with E-state index in [1.165, 1.54) is 0 Å². The molecule has 0 atom stereocenters. The quantitative estimate of drug-likeness (QED) is 0.396. The summed E-state index contributed by atoms with van der Waals surface area (Å²) in [5, 5.41) is 0. The van der Waals surface area contributed by atoms with Gasteiger partial charge in [-0.1, -0.05) is 0 Å². The van der Waals surface area contributed by atoms with Gasteiger partial charge in [0.05, 0.1) is 0 Å². The average Bonchev–Trinajstić information content (AvgIpc) is 0.811. The van der Waals surface area contributed by atoms with Crippen LogP contribution in [0.4, 0.5) is 0 Å². The first-order chi connectivity index (χ1) is 1.73. The second-order valence-electron chi connectivity index (χ2n) is 0.231. The third-order valence-corrected chi connectivity index (χ3v) is 0. The van der Waals surface area contributed by atoms with E-state index in [1.807, 2.05) is 0 Å². The molecule has 0 aliphatic rings. The minimum Gasteiger partial charge on any atom is -1.00 e. The van der Waals surface area contributed by atoms with E-state index in [-0.39, 0.29) is 58.4 Å². The van der Waals surface area contributed by atoms with Gasteiger partial charge >= 0.3 is 56.3 Å². The molecule has 8 nitrogen and oxygen atoms in total. The summed E-state index contributed by atoms with van der Waals surface area (Å²) in [6.45, 7) is 0. The number of hydrogen-bond acceptors (Lipinski definition) is 1. The van der Waals surface area contributed by atoms with Crippen LogP contribution < -0.4 is 29.6 Å². The minimum atomic E-state index is -3.29. The molecule has 0 aromatic heterocycles.